The standard InChI is InChI=1S/C18H25N5O2/c1-13-9-8-10-14(2)15(13)23-16(19-20-21-23)18(11-6-5-7-12-18)22(3)17(24)25-4/h8-10H,5-7,11-12H2,1-4H3. The molecule has 0 radical (unpaired) electrons. The number of methoxy groups -OCH3 is 1. The fraction of sp³-hybridized carbons (Fsp3) is 0.556. The zero-order valence-electron chi connectivity index (χ0n) is 15.3. The van der Waals surface area contributed by atoms with Gasteiger partial charge in [0.2, 0.25) is 0 Å². The summed E-state index contributed by atoms with van der Waals surface area (Å²) >= 11 is 0. The third-order valence-electron chi connectivity index (χ3n) is 5.31. The minimum atomic E-state index is -0.552. The average molecular weight is 343 g/mol. The molecule has 0 spiro atoms. The Morgan fingerprint density at radius 2 is 1.84 bits per heavy atom. The van der Waals surface area contributed by atoms with Crippen molar-refractivity contribution in [3.63, 3.8) is 0 Å². The van der Waals surface area contributed by atoms with Gasteiger partial charge in [-0.1, -0.05) is 37.5 Å². The number of aryl methyl sites for hydroxylation is 2. The molecular formula is C18H25N5O2. The van der Waals surface area contributed by atoms with Crippen molar-refractivity contribution < 1.29 is 9.53 Å². The van der Waals surface area contributed by atoms with E-state index in [0.29, 0.717) is 5.82 Å². The van der Waals surface area contributed by atoms with Crippen molar-refractivity contribution in [2.45, 2.75) is 51.5 Å². The molecule has 7 nitrogen and oxygen atoms in total. The number of para-hydroxylation sites is 1. The van der Waals surface area contributed by atoms with Gasteiger partial charge in [-0.3, -0.25) is 4.90 Å². The predicted molar refractivity (Wildman–Crippen MR) is 93.6 cm³/mol. The number of carbonyl (C=O) groups excluding carboxylic acids is 1. The molecule has 2 aromatic rings. The van der Waals surface area contributed by atoms with Crippen molar-refractivity contribution in [1.29, 1.82) is 0 Å². The first kappa shape index (κ1) is 17.4. The molecule has 0 saturated heterocycles. The van der Waals surface area contributed by atoms with Gasteiger partial charge in [0, 0.05) is 7.05 Å². The second-order valence-corrected chi connectivity index (χ2v) is 6.78. The number of amides is 1. The first-order valence-corrected chi connectivity index (χ1v) is 8.68. The number of aromatic nitrogens is 4. The molecule has 0 bridgehead atoms. The van der Waals surface area contributed by atoms with Crippen molar-refractivity contribution in [1.82, 2.24) is 25.1 Å². The summed E-state index contributed by atoms with van der Waals surface area (Å²) in [7, 11) is 3.19. The first-order chi connectivity index (χ1) is 12.0. The summed E-state index contributed by atoms with van der Waals surface area (Å²) in [5, 5.41) is 12.6. The minimum absolute atomic E-state index is 0.363. The SMILES string of the molecule is COC(=O)N(C)C1(c2nnnn2-c2c(C)cccc2C)CCCCC1. The van der Waals surface area contributed by atoms with Crippen molar-refractivity contribution in [3.8, 4) is 5.69 Å². The van der Waals surface area contributed by atoms with E-state index < -0.39 is 5.54 Å². The van der Waals surface area contributed by atoms with Crippen LogP contribution < -0.4 is 0 Å². The zero-order chi connectivity index (χ0) is 18.0. The van der Waals surface area contributed by atoms with Crippen LogP contribution >= 0.6 is 0 Å². The van der Waals surface area contributed by atoms with Crippen LogP contribution in [0.15, 0.2) is 18.2 Å². The molecule has 1 fully saturated rings. The van der Waals surface area contributed by atoms with Gasteiger partial charge in [0.25, 0.3) is 0 Å². The molecular weight excluding hydrogens is 318 g/mol. The van der Waals surface area contributed by atoms with Gasteiger partial charge in [-0.2, -0.15) is 4.68 Å². The number of hydrogen-bond acceptors (Lipinski definition) is 5. The van der Waals surface area contributed by atoms with Gasteiger partial charge in [-0.25, -0.2) is 4.79 Å². The summed E-state index contributed by atoms with van der Waals surface area (Å²) in [6, 6.07) is 6.12. The highest BCUT2D eigenvalue weighted by Gasteiger charge is 2.45. The summed E-state index contributed by atoms with van der Waals surface area (Å²) in [6.45, 7) is 4.09. The van der Waals surface area contributed by atoms with E-state index in [9.17, 15) is 4.79 Å². The molecule has 0 N–H and O–H groups in total. The highest BCUT2D eigenvalue weighted by molar-refractivity contribution is 5.68. The Balaban J connectivity index is 2.16. The van der Waals surface area contributed by atoms with Gasteiger partial charge in [-0.15, -0.1) is 5.10 Å². The first-order valence-electron chi connectivity index (χ1n) is 8.68. The minimum Gasteiger partial charge on any atom is -0.453 e. The lowest BCUT2D eigenvalue weighted by Gasteiger charge is -2.42. The lowest BCUT2D eigenvalue weighted by Crippen LogP contribution is -2.50. The van der Waals surface area contributed by atoms with Crippen molar-refractivity contribution in [3.05, 3.63) is 35.2 Å². The number of rotatable bonds is 3. The molecule has 1 heterocycles. The molecule has 0 atom stereocenters. The van der Waals surface area contributed by atoms with E-state index in [2.05, 4.69) is 15.5 Å². The molecule has 134 valence electrons. The summed E-state index contributed by atoms with van der Waals surface area (Å²) in [6.07, 6.45) is 4.50. The second kappa shape index (κ2) is 6.82. The summed E-state index contributed by atoms with van der Waals surface area (Å²) in [4.78, 5) is 14.0. The van der Waals surface area contributed by atoms with Gasteiger partial charge < -0.3 is 4.74 Å². The van der Waals surface area contributed by atoms with E-state index in [4.69, 9.17) is 4.74 Å². The van der Waals surface area contributed by atoms with Crippen LogP contribution in [0.4, 0.5) is 4.79 Å². The molecule has 1 aliphatic rings. The number of ether oxygens (including phenoxy) is 1. The number of benzene rings is 1. The lowest BCUT2D eigenvalue weighted by atomic mass is 9.79. The Labute approximate surface area is 148 Å². The van der Waals surface area contributed by atoms with E-state index >= 15 is 0 Å². The maximum atomic E-state index is 12.3. The van der Waals surface area contributed by atoms with Crippen LogP contribution in [-0.2, 0) is 10.3 Å². The van der Waals surface area contributed by atoms with Gasteiger partial charge in [0.05, 0.1) is 12.8 Å². The van der Waals surface area contributed by atoms with E-state index in [1.807, 2.05) is 32.0 Å². The van der Waals surface area contributed by atoms with E-state index in [-0.39, 0.29) is 6.09 Å². The van der Waals surface area contributed by atoms with Crippen molar-refractivity contribution in [2.75, 3.05) is 14.2 Å². The molecule has 3 rings (SSSR count). The maximum Gasteiger partial charge on any atom is 0.410 e. The molecule has 1 aromatic carbocycles. The Bertz CT molecular complexity index is 744. The molecule has 0 aliphatic heterocycles. The monoisotopic (exact) mass is 343 g/mol. The van der Waals surface area contributed by atoms with Gasteiger partial charge in [0.1, 0.15) is 5.54 Å². The molecule has 1 saturated carbocycles. The van der Waals surface area contributed by atoms with Crippen LogP contribution in [0.25, 0.3) is 5.69 Å². The number of tetrazole rings is 1. The Morgan fingerprint density at radius 1 is 1.20 bits per heavy atom. The van der Waals surface area contributed by atoms with E-state index in [1.54, 1.807) is 16.6 Å². The average Bonchev–Trinajstić information content (AvgIpc) is 3.10. The van der Waals surface area contributed by atoms with E-state index in [1.165, 1.54) is 7.11 Å². The molecule has 1 aromatic heterocycles. The summed E-state index contributed by atoms with van der Waals surface area (Å²) < 4.78 is 6.79. The highest BCUT2D eigenvalue weighted by Crippen LogP contribution is 2.41. The Morgan fingerprint density at radius 3 is 2.44 bits per heavy atom. The predicted octanol–water partition coefficient (Wildman–Crippen LogP) is 3.14. The summed E-state index contributed by atoms with van der Waals surface area (Å²) in [5.74, 6) is 0.706. The lowest BCUT2D eigenvalue weighted by molar-refractivity contribution is 0.0472. The molecule has 0 unspecified atom stereocenters. The molecule has 25 heavy (non-hydrogen) atoms. The fourth-order valence-electron chi connectivity index (χ4n) is 3.93. The van der Waals surface area contributed by atoms with Crippen molar-refractivity contribution in [2.24, 2.45) is 0 Å². The van der Waals surface area contributed by atoms with Crippen molar-refractivity contribution >= 4 is 6.09 Å². The Kier molecular flexibility index (Phi) is 4.74. The molecule has 7 heteroatoms. The highest BCUT2D eigenvalue weighted by atomic mass is 16.5. The van der Waals surface area contributed by atoms with Crippen LogP contribution in [0.2, 0.25) is 0 Å². The normalized spacial score (nSPS) is 16.5. The largest absolute Gasteiger partial charge is 0.453 e. The van der Waals surface area contributed by atoms with Crippen LogP contribution in [0.5, 0.6) is 0 Å². The number of hydrogen-bond donors (Lipinski definition) is 0. The van der Waals surface area contributed by atoms with E-state index in [0.717, 1.165) is 48.9 Å². The molecule has 1 aliphatic carbocycles. The second-order valence-electron chi connectivity index (χ2n) is 6.78. The van der Waals surface area contributed by atoms with Gasteiger partial charge in [0.15, 0.2) is 5.82 Å². The smallest absolute Gasteiger partial charge is 0.410 e. The van der Waals surface area contributed by atoms with Crippen LogP contribution in [0.1, 0.15) is 49.1 Å². The Hall–Kier alpha value is -2.44. The third-order valence-corrected chi connectivity index (χ3v) is 5.31. The summed E-state index contributed by atoms with van der Waals surface area (Å²) in [5.41, 5.74) is 2.62. The number of nitrogens with zero attached hydrogens (tertiary/aromatic N) is 5. The van der Waals surface area contributed by atoms with Gasteiger partial charge in [-0.05, 0) is 48.2 Å². The quantitative estimate of drug-likeness (QED) is 0.856. The number of carbonyl (C=O) groups is 1. The third kappa shape index (κ3) is 2.88. The topological polar surface area (TPSA) is 73.1 Å². The van der Waals surface area contributed by atoms with Crippen LogP contribution in [0.3, 0.4) is 0 Å². The maximum absolute atomic E-state index is 12.3. The fourth-order valence-corrected chi connectivity index (χ4v) is 3.93. The molecule has 1 amide bonds. The van der Waals surface area contributed by atoms with Gasteiger partial charge >= 0.3 is 6.09 Å². The van der Waals surface area contributed by atoms with Crippen LogP contribution in [-0.4, -0.2) is 45.4 Å². The zero-order valence-corrected chi connectivity index (χ0v) is 15.3. The van der Waals surface area contributed by atoms with Crippen LogP contribution in [0, 0.1) is 13.8 Å².